The van der Waals surface area contributed by atoms with Crippen molar-refractivity contribution in [2.24, 2.45) is 0 Å². The number of aromatic nitrogens is 1. The lowest BCUT2D eigenvalue weighted by Gasteiger charge is -2.08. The van der Waals surface area contributed by atoms with Gasteiger partial charge in [0.1, 0.15) is 18.0 Å². The third-order valence-electron chi connectivity index (χ3n) is 3.17. The maximum absolute atomic E-state index is 12.0. The summed E-state index contributed by atoms with van der Waals surface area (Å²) in [4.78, 5) is 44.1. The summed E-state index contributed by atoms with van der Waals surface area (Å²) in [5.74, 6) is -0.518. The van der Waals surface area contributed by atoms with E-state index in [9.17, 15) is 29.8 Å². The van der Waals surface area contributed by atoms with Crippen LogP contribution in [-0.2, 0) is 11.3 Å². The maximum atomic E-state index is 12.0. The first kappa shape index (κ1) is 17.6. The fourth-order valence-electron chi connectivity index (χ4n) is 1.99. The van der Waals surface area contributed by atoms with E-state index in [0.29, 0.717) is 0 Å². The van der Waals surface area contributed by atoms with E-state index < -0.39 is 27.9 Å². The number of nitro benzene ring substituents is 1. The molecule has 1 N–H and O–H groups in total. The van der Waals surface area contributed by atoms with Gasteiger partial charge in [-0.2, -0.15) is 0 Å². The lowest BCUT2D eigenvalue weighted by atomic mass is 10.2. The average Bonchev–Trinajstić information content (AvgIpc) is 2.56. The molecule has 1 aromatic heterocycles. The van der Waals surface area contributed by atoms with E-state index in [1.54, 1.807) is 0 Å². The van der Waals surface area contributed by atoms with Crippen LogP contribution in [0.5, 0.6) is 5.75 Å². The zero-order chi connectivity index (χ0) is 18.6. The monoisotopic (exact) mass is 348 g/mol. The first-order valence-electron chi connectivity index (χ1n) is 6.79. The van der Waals surface area contributed by atoms with Crippen LogP contribution in [-0.4, -0.2) is 27.4 Å². The van der Waals surface area contributed by atoms with Crippen LogP contribution in [0.1, 0.15) is 0 Å². The molecule has 0 fully saturated rings. The Morgan fingerprint density at radius 3 is 2.52 bits per heavy atom. The smallest absolute Gasteiger partial charge is 0.296 e. The molecule has 0 aliphatic rings. The fourth-order valence-corrected chi connectivity index (χ4v) is 1.99. The number of anilines is 1. The largest absolute Gasteiger partial charge is 0.496 e. The van der Waals surface area contributed by atoms with Crippen molar-refractivity contribution in [3.8, 4) is 5.75 Å². The van der Waals surface area contributed by atoms with Gasteiger partial charge in [0.25, 0.3) is 16.9 Å². The first-order chi connectivity index (χ1) is 11.8. The highest BCUT2D eigenvalue weighted by Crippen LogP contribution is 2.28. The third-order valence-corrected chi connectivity index (χ3v) is 3.17. The van der Waals surface area contributed by atoms with Gasteiger partial charge < -0.3 is 10.1 Å². The molecule has 11 nitrogen and oxygen atoms in total. The number of nitro groups is 2. The van der Waals surface area contributed by atoms with Crippen LogP contribution in [0.4, 0.5) is 17.1 Å². The number of ether oxygens (including phenoxy) is 1. The Labute approximate surface area is 139 Å². The van der Waals surface area contributed by atoms with Gasteiger partial charge in [0.2, 0.25) is 5.91 Å². The molecule has 130 valence electrons. The van der Waals surface area contributed by atoms with Gasteiger partial charge in [-0.3, -0.25) is 34.4 Å². The Balaban J connectivity index is 2.24. The average molecular weight is 348 g/mol. The van der Waals surface area contributed by atoms with Crippen LogP contribution in [0.2, 0.25) is 0 Å². The van der Waals surface area contributed by atoms with Crippen molar-refractivity contribution in [2.45, 2.75) is 6.54 Å². The second-order valence-corrected chi connectivity index (χ2v) is 4.80. The number of hydrogen-bond donors (Lipinski definition) is 1. The summed E-state index contributed by atoms with van der Waals surface area (Å²) in [5, 5.41) is 24.1. The Morgan fingerprint density at radius 1 is 1.20 bits per heavy atom. The minimum atomic E-state index is -0.754. The van der Waals surface area contributed by atoms with Crippen LogP contribution in [0.3, 0.4) is 0 Å². The van der Waals surface area contributed by atoms with E-state index in [-0.39, 0.29) is 22.8 Å². The number of hydrogen-bond acceptors (Lipinski definition) is 7. The van der Waals surface area contributed by atoms with E-state index in [1.165, 1.54) is 19.2 Å². The van der Waals surface area contributed by atoms with Crippen LogP contribution in [0.25, 0.3) is 0 Å². The lowest BCUT2D eigenvalue weighted by Crippen LogP contribution is -2.27. The summed E-state index contributed by atoms with van der Waals surface area (Å²) in [5.41, 5.74) is -1.46. The predicted octanol–water partition coefficient (Wildman–Crippen LogP) is 1.31. The Kier molecular flexibility index (Phi) is 5.07. The zero-order valence-electron chi connectivity index (χ0n) is 12.9. The minimum absolute atomic E-state index is 0.0886. The highest BCUT2D eigenvalue weighted by atomic mass is 16.6. The van der Waals surface area contributed by atoms with Crippen molar-refractivity contribution in [2.75, 3.05) is 12.4 Å². The Hall–Kier alpha value is -3.76. The van der Waals surface area contributed by atoms with E-state index in [2.05, 4.69) is 5.32 Å². The number of rotatable bonds is 6. The number of carbonyl (C=O) groups is 1. The summed E-state index contributed by atoms with van der Waals surface area (Å²) in [7, 11) is 1.34. The molecule has 0 aliphatic carbocycles. The number of pyridine rings is 1. The molecular weight excluding hydrogens is 336 g/mol. The molecule has 2 rings (SSSR count). The molecule has 0 spiro atoms. The molecule has 0 aliphatic heterocycles. The van der Waals surface area contributed by atoms with Crippen LogP contribution in [0.15, 0.2) is 41.3 Å². The highest BCUT2D eigenvalue weighted by molar-refractivity contribution is 5.93. The molecule has 1 heterocycles. The van der Waals surface area contributed by atoms with E-state index in [4.69, 9.17) is 4.74 Å². The van der Waals surface area contributed by atoms with Gasteiger partial charge in [0, 0.05) is 12.1 Å². The maximum Gasteiger partial charge on any atom is 0.296 e. The number of amides is 1. The van der Waals surface area contributed by atoms with Gasteiger partial charge in [-0.25, -0.2) is 0 Å². The molecule has 0 radical (unpaired) electrons. The summed E-state index contributed by atoms with van der Waals surface area (Å²) >= 11 is 0. The number of methoxy groups -OCH3 is 1. The first-order valence-corrected chi connectivity index (χ1v) is 6.79. The highest BCUT2D eigenvalue weighted by Gasteiger charge is 2.18. The molecule has 11 heteroatoms. The molecule has 0 saturated heterocycles. The molecule has 25 heavy (non-hydrogen) atoms. The van der Waals surface area contributed by atoms with Gasteiger partial charge in [-0.15, -0.1) is 0 Å². The SMILES string of the molecule is COc1ccc(NC(=O)Cn2cc([N+](=O)[O-])ccc2=O)c([N+](=O)[O-])c1. The van der Waals surface area contributed by atoms with Crippen molar-refractivity contribution in [3.63, 3.8) is 0 Å². The standard InChI is InChI=1S/C14H12N4O7/c1-25-10-3-4-11(12(6-10)18(23)24)15-13(19)8-16-7-9(17(21)22)2-5-14(16)20/h2-7H,8H2,1H3,(H,15,19). The van der Waals surface area contributed by atoms with Crippen LogP contribution < -0.4 is 15.6 Å². The van der Waals surface area contributed by atoms with Crippen molar-refractivity contribution in [1.82, 2.24) is 4.57 Å². The van der Waals surface area contributed by atoms with Crippen molar-refractivity contribution in [1.29, 1.82) is 0 Å². The molecule has 0 saturated carbocycles. The Morgan fingerprint density at radius 2 is 1.92 bits per heavy atom. The predicted molar refractivity (Wildman–Crippen MR) is 85.6 cm³/mol. The Bertz CT molecular complexity index is 906. The molecular formula is C14H12N4O7. The summed E-state index contributed by atoms with van der Waals surface area (Å²) in [6.45, 7) is -0.538. The molecule has 2 aromatic rings. The van der Waals surface area contributed by atoms with Gasteiger partial charge in [-0.1, -0.05) is 0 Å². The number of carbonyl (C=O) groups excluding carboxylic acids is 1. The fraction of sp³-hybridized carbons (Fsp3) is 0.143. The van der Waals surface area contributed by atoms with Crippen molar-refractivity contribution < 1.29 is 19.4 Å². The zero-order valence-corrected chi connectivity index (χ0v) is 12.9. The molecule has 0 bridgehead atoms. The van der Waals surface area contributed by atoms with E-state index in [0.717, 1.165) is 29.0 Å². The van der Waals surface area contributed by atoms with Crippen molar-refractivity contribution >= 4 is 23.0 Å². The third kappa shape index (κ3) is 4.16. The van der Waals surface area contributed by atoms with Gasteiger partial charge >= 0.3 is 0 Å². The molecule has 0 unspecified atom stereocenters. The quantitative estimate of drug-likeness (QED) is 0.611. The summed E-state index contributed by atoms with van der Waals surface area (Å²) in [6, 6.07) is 5.81. The van der Waals surface area contributed by atoms with E-state index in [1.807, 2.05) is 0 Å². The minimum Gasteiger partial charge on any atom is -0.496 e. The molecule has 0 atom stereocenters. The second-order valence-electron chi connectivity index (χ2n) is 4.80. The number of nitrogens with one attached hydrogen (secondary N) is 1. The van der Waals surface area contributed by atoms with Gasteiger partial charge in [0.15, 0.2) is 0 Å². The summed E-state index contributed by atoms with van der Waals surface area (Å²) < 4.78 is 5.72. The van der Waals surface area contributed by atoms with Crippen LogP contribution in [0, 0.1) is 20.2 Å². The number of nitrogens with zero attached hydrogens (tertiary/aromatic N) is 3. The number of benzene rings is 1. The summed E-state index contributed by atoms with van der Waals surface area (Å²) in [6.07, 6.45) is 0.921. The molecule has 1 aromatic carbocycles. The van der Waals surface area contributed by atoms with Crippen molar-refractivity contribution in [3.05, 3.63) is 67.1 Å². The molecule has 1 amide bonds. The van der Waals surface area contributed by atoms with Crippen LogP contribution >= 0.6 is 0 Å². The normalized spacial score (nSPS) is 10.1. The topological polar surface area (TPSA) is 147 Å². The van der Waals surface area contributed by atoms with Gasteiger partial charge in [0.05, 0.1) is 29.2 Å². The lowest BCUT2D eigenvalue weighted by molar-refractivity contribution is -0.385. The van der Waals surface area contributed by atoms with E-state index >= 15 is 0 Å². The van der Waals surface area contributed by atoms with Gasteiger partial charge in [-0.05, 0) is 12.1 Å². The second kappa shape index (κ2) is 7.21.